The molecule has 0 aliphatic carbocycles. The average Bonchev–Trinajstić information content (AvgIpc) is 2.98. The van der Waals surface area contributed by atoms with Gasteiger partial charge in [-0.1, -0.05) is 57.9 Å². The van der Waals surface area contributed by atoms with Crippen LogP contribution in [0.25, 0.3) is 6.08 Å². The van der Waals surface area contributed by atoms with Crippen LogP contribution < -0.4 is 0 Å². The molecule has 2 aromatic carbocycles. The first-order valence-electron chi connectivity index (χ1n) is 8.52. The Morgan fingerprint density at radius 3 is 2.67 bits per heavy atom. The van der Waals surface area contributed by atoms with Crippen molar-refractivity contribution in [1.82, 2.24) is 4.90 Å². The standard InChI is InChI=1S/C20H19BrClNO3S/c21-17-6-3-4-15(12-17)13-23(18-10-11-27(25,26)14-18)20(24)9-8-16-5-1-2-7-19(16)22/h1-9,12,18H,10-11,13-14H2/b9-8+/t18-/m1/s1. The van der Waals surface area contributed by atoms with E-state index in [1.54, 1.807) is 17.0 Å². The molecule has 0 radical (unpaired) electrons. The zero-order valence-electron chi connectivity index (χ0n) is 14.5. The molecule has 0 bridgehead atoms. The topological polar surface area (TPSA) is 54.5 Å². The van der Waals surface area contributed by atoms with Gasteiger partial charge in [0.25, 0.3) is 0 Å². The quantitative estimate of drug-likeness (QED) is 0.614. The molecule has 4 nitrogen and oxygen atoms in total. The number of amides is 1. The van der Waals surface area contributed by atoms with Crippen molar-refractivity contribution in [2.45, 2.75) is 19.0 Å². The highest BCUT2D eigenvalue weighted by atomic mass is 79.9. The normalized spacial score (nSPS) is 18.7. The van der Waals surface area contributed by atoms with Gasteiger partial charge in [0.1, 0.15) is 0 Å². The summed E-state index contributed by atoms with van der Waals surface area (Å²) in [5.41, 5.74) is 1.68. The van der Waals surface area contributed by atoms with Crippen LogP contribution in [-0.2, 0) is 21.2 Å². The van der Waals surface area contributed by atoms with Crippen molar-refractivity contribution in [3.63, 3.8) is 0 Å². The summed E-state index contributed by atoms with van der Waals surface area (Å²) in [5, 5.41) is 0.559. The Hall–Kier alpha value is -1.63. The summed E-state index contributed by atoms with van der Waals surface area (Å²) in [5.74, 6) is -0.0992. The number of carbonyl (C=O) groups is 1. The molecule has 0 spiro atoms. The van der Waals surface area contributed by atoms with E-state index in [4.69, 9.17) is 11.6 Å². The lowest BCUT2D eigenvalue weighted by Gasteiger charge is -2.27. The lowest BCUT2D eigenvalue weighted by atomic mass is 10.1. The first-order valence-corrected chi connectivity index (χ1v) is 11.5. The van der Waals surface area contributed by atoms with Crippen molar-refractivity contribution in [3.05, 3.63) is 75.2 Å². The van der Waals surface area contributed by atoms with Gasteiger partial charge >= 0.3 is 0 Å². The van der Waals surface area contributed by atoms with E-state index in [1.165, 1.54) is 6.08 Å². The van der Waals surface area contributed by atoms with E-state index >= 15 is 0 Å². The van der Waals surface area contributed by atoms with Crippen LogP contribution in [0.5, 0.6) is 0 Å². The van der Waals surface area contributed by atoms with Gasteiger partial charge in [-0.15, -0.1) is 0 Å². The Bertz CT molecular complexity index is 975. The second-order valence-corrected chi connectivity index (χ2v) is 10.1. The van der Waals surface area contributed by atoms with Crippen LogP contribution in [0.1, 0.15) is 17.5 Å². The number of hydrogen-bond donors (Lipinski definition) is 0. The molecule has 0 saturated carbocycles. The summed E-state index contributed by atoms with van der Waals surface area (Å²) in [6.07, 6.45) is 3.59. The second-order valence-electron chi connectivity index (χ2n) is 6.51. The third-order valence-corrected chi connectivity index (χ3v) is 7.07. The smallest absolute Gasteiger partial charge is 0.247 e. The van der Waals surface area contributed by atoms with Gasteiger partial charge < -0.3 is 4.90 Å². The minimum absolute atomic E-state index is 0.00662. The van der Waals surface area contributed by atoms with Gasteiger partial charge in [-0.05, 0) is 41.8 Å². The molecule has 1 saturated heterocycles. The van der Waals surface area contributed by atoms with E-state index in [0.717, 1.165) is 15.6 Å². The lowest BCUT2D eigenvalue weighted by Crippen LogP contribution is -2.39. The van der Waals surface area contributed by atoms with Crippen LogP contribution in [0.4, 0.5) is 0 Å². The Morgan fingerprint density at radius 2 is 2.00 bits per heavy atom. The Balaban J connectivity index is 1.84. The van der Waals surface area contributed by atoms with Crippen LogP contribution in [0.15, 0.2) is 59.1 Å². The number of nitrogens with zero attached hydrogens (tertiary/aromatic N) is 1. The molecular weight excluding hydrogens is 450 g/mol. The van der Waals surface area contributed by atoms with Crippen LogP contribution >= 0.6 is 27.5 Å². The number of halogens is 2. The fraction of sp³-hybridized carbons (Fsp3) is 0.250. The van der Waals surface area contributed by atoms with Gasteiger partial charge in [0.05, 0.1) is 11.5 Å². The summed E-state index contributed by atoms with van der Waals surface area (Å²) >= 11 is 9.57. The molecule has 7 heteroatoms. The third kappa shape index (κ3) is 5.43. The molecule has 1 amide bonds. The van der Waals surface area contributed by atoms with Crippen molar-refractivity contribution in [2.75, 3.05) is 11.5 Å². The van der Waals surface area contributed by atoms with E-state index in [2.05, 4.69) is 15.9 Å². The number of rotatable bonds is 5. The monoisotopic (exact) mass is 467 g/mol. The van der Waals surface area contributed by atoms with Crippen molar-refractivity contribution in [2.24, 2.45) is 0 Å². The second kappa shape index (κ2) is 8.59. The van der Waals surface area contributed by atoms with Gasteiger partial charge in [-0.3, -0.25) is 4.79 Å². The number of benzene rings is 2. The molecule has 1 atom stereocenters. The largest absolute Gasteiger partial charge is 0.331 e. The number of sulfone groups is 1. The van der Waals surface area contributed by atoms with Crippen LogP contribution in [0.2, 0.25) is 5.02 Å². The minimum Gasteiger partial charge on any atom is -0.331 e. The Labute approximate surface area is 172 Å². The van der Waals surface area contributed by atoms with Crippen molar-refractivity contribution in [3.8, 4) is 0 Å². The van der Waals surface area contributed by atoms with E-state index in [-0.39, 0.29) is 23.5 Å². The van der Waals surface area contributed by atoms with E-state index in [9.17, 15) is 13.2 Å². The molecule has 0 N–H and O–H groups in total. The SMILES string of the molecule is O=C(/C=C/c1ccccc1Cl)N(Cc1cccc(Br)c1)[C@@H]1CCS(=O)(=O)C1. The Kier molecular flexibility index (Phi) is 6.40. The van der Waals surface area contributed by atoms with E-state index < -0.39 is 9.84 Å². The summed E-state index contributed by atoms with van der Waals surface area (Å²) < 4.78 is 24.8. The molecule has 0 aromatic heterocycles. The van der Waals surface area contributed by atoms with E-state index in [0.29, 0.717) is 18.0 Å². The van der Waals surface area contributed by atoms with Gasteiger partial charge in [0.2, 0.25) is 5.91 Å². The molecule has 1 aliphatic rings. The molecule has 1 aliphatic heterocycles. The van der Waals surface area contributed by atoms with Crippen LogP contribution in [-0.4, -0.2) is 36.8 Å². The fourth-order valence-corrected chi connectivity index (χ4v) is 5.48. The molecule has 27 heavy (non-hydrogen) atoms. The van der Waals surface area contributed by atoms with Crippen molar-refractivity contribution >= 4 is 49.4 Å². The first kappa shape index (κ1) is 20.1. The maximum atomic E-state index is 12.9. The summed E-state index contributed by atoms with van der Waals surface area (Å²) in [6, 6.07) is 14.6. The third-order valence-electron chi connectivity index (χ3n) is 4.48. The molecule has 1 heterocycles. The average molecular weight is 469 g/mol. The van der Waals surface area contributed by atoms with Gasteiger partial charge in [-0.25, -0.2) is 8.42 Å². The molecule has 0 unspecified atom stereocenters. The van der Waals surface area contributed by atoms with E-state index in [1.807, 2.05) is 42.5 Å². The minimum atomic E-state index is -3.10. The molecule has 1 fully saturated rings. The van der Waals surface area contributed by atoms with Gasteiger partial charge in [0, 0.05) is 28.2 Å². The summed E-state index contributed by atoms with van der Waals surface area (Å²) in [7, 11) is -3.10. The van der Waals surface area contributed by atoms with Crippen molar-refractivity contribution < 1.29 is 13.2 Å². The predicted octanol–water partition coefficient (Wildman–Crippen LogP) is 4.33. The number of carbonyl (C=O) groups excluding carboxylic acids is 1. The highest BCUT2D eigenvalue weighted by Crippen LogP contribution is 2.23. The molecule has 2 aromatic rings. The van der Waals surface area contributed by atoms with Crippen LogP contribution in [0, 0.1) is 0 Å². The summed E-state index contributed by atoms with van der Waals surface area (Å²) in [4.78, 5) is 14.5. The zero-order valence-corrected chi connectivity index (χ0v) is 17.7. The predicted molar refractivity (Wildman–Crippen MR) is 112 cm³/mol. The first-order chi connectivity index (χ1) is 12.8. The highest BCUT2D eigenvalue weighted by Gasteiger charge is 2.34. The molecule has 142 valence electrons. The fourth-order valence-electron chi connectivity index (χ4n) is 3.11. The lowest BCUT2D eigenvalue weighted by molar-refractivity contribution is -0.128. The molecular formula is C20H19BrClNO3S. The maximum absolute atomic E-state index is 12.9. The van der Waals surface area contributed by atoms with Crippen molar-refractivity contribution in [1.29, 1.82) is 0 Å². The highest BCUT2D eigenvalue weighted by molar-refractivity contribution is 9.10. The van der Waals surface area contributed by atoms with Crippen LogP contribution in [0.3, 0.4) is 0 Å². The van der Waals surface area contributed by atoms with Gasteiger partial charge in [-0.2, -0.15) is 0 Å². The Morgan fingerprint density at radius 1 is 1.22 bits per heavy atom. The maximum Gasteiger partial charge on any atom is 0.247 e. The summed E-state index contributed by atoms with van der Waals surface area (Å²) in [6.45, 7) is 0.353. The zero-order chi connectivity index (χ0) is 19.4. The number of hydrogen-bond acceptors (Lipinski definition) is 3. The van der Waals surface area contributed by atoms with Gasteiger partial charge in [0.15, 0.2) is 9.84 Å². The molecule has 3 rings (SSSR count).